The molecule has 0 fully saturated rings. The van der Waals surface area contributed by atoms with E-state index in [0.717, 1.165) is 5.57 Å². The number of halogens is 1. The molecular weight excluding hydrogens is 148 g/mol. The lowest BCUT2D eigenvalue weighted by Gasteiger charge is -1.98. The number of rotatable bonds is 3. The molecule has 0 aromatic heterocycles. The first-order valence-corrected chi connectivity index (χ1v) is 3.88. The fourth-order valence-electron chi connectivity index (χ4n) is 0.448. The summed E-state index contributed by atoms with van der Waals surface area (Å²) in [6, 6.07) is 0. The molecule has 2 heteroatoms. The Morgan fingerprint density at radius 2 is 2.10 bits per heavy atom. The van der Waals surface area contributed by atoms with Gasteiger partial charge in [-0.15, -0.1) is 11.6 Å². The van der Waals surface area contributed by atoms with E-state index in [1.807, 2.05) is 20.8 Å². The first kappa shape index (κ1) is 9.70. The number of carbonyl (C=O) groups is 1. The van der Waals surface area contributed by atoms with E-state index in [0.29, 0.717) is 5.88 Å². The molecule has 0 aliphatic carbocycles. The Labute approximate surface area is 67.1 Å². The summed E-state index contributed by atoms with van der Waals surface area (Å²) in [6.45, 7) is 5.61. The molecular formula is C8H13ClO. The van der Waals surface area contributed by atoms with Gasteiger partial charge in [-0.3, -0.25) is 4.79 Å². The van der Waals surface area contributed by atoms with Crippen molar-refractivity contribution in [2.24, 2.45) is 5.92 Å². The summed E-state index contributed by atoms with van der Waals surface area (Å²) in [5.74, 6) is 0.676. The van der Waals surface area contributed by atoms with Gasteiger partial charge in [0, 0.05) is 11.8 Å². The lowest BCUT2D eigenvalue weighted by atomic mass is 10.1. The monoisotopic (exact) mass is 160 g/mol. The number of alkyl halides is 1. The van der Waals surface area contributed by atoms with Crippen LogP contribution in [0.5, 0.6) is 0 Å². The predicted molar refractivity (Wildman–Crippen MR) is 44.3 cm³/mol. The third-order valence-corrected chi connectivity index (χ3v) is 1.59. The van der Waals surface area contributed by atoms with Gasteiger partial charge in [0.25, 0.3) is 0 Å². The molecule has 0 aromatic carbocycles. The van der Waals surface area contributed by atoms with Crippen molar-refractivity contribution in [3.05, 3.63) is 11.6 Å². The molecule has 0 spiro atoms. The minimum Gasteiger partial charge on any atom is -0.295 e. The third kappa shape index (κ3) is 3.67. The Morgan fingerprint density at radius 3 is 2.40 bits per heavy atom. The molecule has 0 rings (SSSR count). The van der Waals surface area contributed by atoms with Gasteiger partial charge in [-0.1, -0.05) is 19.4 Å². The number of carbonyl (C=O) groups excluding carboxylic acids is 1. The third-order valence-electron chi connectivity index (χ3n) is 1.17. The molecule has 0 saturated heterocycles. The molecule has 0 atom stereocenters. The van der Waals surface area contributed by atoms with Crippen LogP contribution in [-0.4, -0.2) is 11.7 Å². The van der Waals surface area contributed by atoms with Crippen molar-refractivity contribution in [2.75, 3.05) is 5.88 Å². The highest BCUT2D eigenvalue weighted by atomic mass is 35.5. The van der Waals surface area contributed by atoms with Gasteiger partial charge in [-0.2, -0.15) is 0 Å². The molecule has 0 heterocycles. The minimum absolute atomic E-state index is 0.0816. The van der Waals surface area contributed by atoms with Crippen LogP contribution >= 0.6 is 11.6 Å². The highest BCUT2D eigenvalue weighted by Crippen LogP contribution is 2.01. The molecule has 0 aromatic rings. The van der Waals surface area contributed by atoms with Crippen molar-refractivity contribution in [1.29, 1.82) is 0 Å². The summed E-state index contributed by atoms with van der Waals surface area (Å²) in [4.78, 5) is 11.0. The predicted octanol–water partition coefficient (Wildman–Crippen LogP) is 2.40. The van der Waals surface area contributed by atoms with E-state index in [2.05, 4.69) is 0 Å². The Morgan fingerprint density at radius 1 is 1.60 bits per heavy atom. The lowest BCUT2D eigenvalue weighted by molar-refractivity contribution is -0.117. The highest BCUT2D eigenvalue weighted by Gasteiger charge is 2.02. The maximum Gasteiger partial charge on any atom is 0.158 e. The van der Waals surface area contributed by atoms with Crippen LogP contribution in [0.15, 0.2) is 11.6 Å². The van der Waals surface area contributed by atoms with Crippen molar-refractivity contribution < 1.29 is 4.79 Å². The zero-order valence-electron chi connectivity index (χ0n) is 6.65. The second-order valence-corrected chi connectivity index (χ2v) is 2.95. The molecule has 1 nitrogen and oxygen atoms in total. The van der Waals surface area contributed by atoms with E-state index in [1.165, 1.54) is 0 Å². The van der Waals surface area contributed by atoms with Crippen LogP contribution in [0.2, 0.25) is 0 Å². The summed E-state index contributed by atoms with van der Waals surface area (Å²) < 4.78 is 0. The van der Waals surface area contributed by atoms with Gasteiger partial charge < -0.3 is 0 Å². The molecule has 0 saturated carbocycles. The fraction of sp³-hybridized carbons (Fsp3) is 0.625. The summed E-state index contributed by atoms with van der Waals surface area (Å²) in [6.07, 6.45) is 1.61. The largest absolute Gasteiger partial charge is 0.295 e. The second-order valence-electron chi connectivity index (χ2n) is 2.68. The van der Waals surface area contributed by atoms with Crippen LogP contribution in [0.3, 0.4) is 0 Å². The van der Waals surface area contributed by atoms with Crippen molar-refractivity contribution in [3.8, 4) is 0 Å². The zero-order chi connectivity index (χ0) is 8.15. The molecule has 10 heavy (non-hydrogen) atoms. The Balaban J connectivity index is 4.00. The van der Waals surface area contributed by atoms with Crippen LogP contribution in [0.1, 0.15) is 20.8 Å². The Hall–Kier alpha value is -0.300. The van der Waals surface area contributed by atoms with E-state index in [-0.39, 0.29) is 11.7 Å². The van der Waals surface area contributed by atoms with Crippen molar-refractivity contribution >= 4 is 17.4 Å². The lowest BCUT2D eigenvalue weighted by Crippen LogP contribution is -2.03. The standard InChI is InChI=1S/C8H13ClO/c1-6(2)8(10)4-7(3)5-9/h4,6H,5H2,1-3H3/b7-4+. The Kier molecular flexibility index (Phi) is 4.37. The highest BCUT2D eigenvalue weighted by molar-refractivity contribution is 6.19. The summed E-state index contributed by atoms with van der Waals surface area (Å²) in [7, 11) is 0. The summed E-state index contributed by atoms with van der Waals surface area (Å²) in [5, 5.41) is 0. The van der Waals surface area contributed by atoms with E-state index in [1.54, 1.807) is 6.08 Å². The average Bonchev–Trinajstić information content (AvgIpc) is 1.87. The maximum atomic E-state index is 11.0. The SMILES string of the molecule is C/C(=C\C(=O)C(C)C)CCl. The second kappa shape index (κ2) is 4.51. The molecule has 0 radical (unpaired) electrons. The number of hydrogen-bond donors (Lipinski definition) is 0. The first-order chi connectivity index (χ1) is 4.57. The van der Waals surface area contributed by atoms with Crippen LogP contribution in [0.4, 0.5) is 0 Å². The fourth-order valence-corrected chi connectivity index (χ4v) is 0.525. The minimum atomic E-state index is 0.0816. The van der Waals surface area contributed by atoms with Crippen molar-refractivity contribution in [1.82, 2.24) is 0 Å². The van der Waals surface area contributed by atoms with Crippen LogP contribution in [0, 0.1) is 5.92 Å². The molecule has 0 amide bonds. The smallest absolute Gasteiger partial charge is 0.158 e. The van der Waals surface area contributed by atoms with E-state index in [4.69, 9.17) is 11.6 Å². The summed E-state index contributed by atoms with van der Waals surface area (Å²) >= 11 is 5.48. The van der Waals surface area contributed by atoms with E-state index >= 15 is 0 Å². The molecule has 0 bridgehead atoms. The van der Waals surface area contributed by atoms with Crippen LogP contribution in [0.25, 0.3) is 0 Å². The van der Waals surface area contributed by atoms with Crippen LogP contribution in [-0.2, 0) is 4.79 Å². The zero-order valence-corrected chi connectivity index (χ0v) is 7.40. The maximum absolute atomic E-state index is 11.0. The van der Waals surface area contributed by atoms with E-state index < -0.39 is 0 Å². The van der Waals surface area contributed by atoms with Gasteiger partial charge in [0.15, 0.2) is 5.78 Å². The van der Waals surface area contributed by atoms with Crippen molar-refractivity contribution in [3.63, 3.8) is 0 Å². The first-order valence-electron chi connectivity index (χ1n) is 3.35. The van der Waals surface area contributed by atoms with Crippen LogP contribution < -0.4 is 0 Å². The van der Waals surface area contributed by atoms with Crippen molar-refractivity contribution in [2.45, 2.75) is 20.8 Å². The molecule has 0 aliphatic heterocycles. The van der Waals surface area contributed by atoms with Gasteiger partial charge in [0.05, 0.1) is 0 Å². The number of hydrogen-bond acceptors (Lipinski definition) is 1. The van der Waals surface area contributed by atoms with Gasteiger partial charge in [-0.05, 0) is 13.0 Å². The molecule has 0 N–H and O–H groups in total. The van der Waals surface area contributed by atoms with Gasteiger partial charge in [-0.25, -0.2) is 0 Å². The van der Waals surface area contributed by atoms with Gasteiger partial charge in [0.2, 0.25) is 0 Å². The average molecular weight is 161 g/mol. The number of allylic oxidation sites excluding steroid dienone is 2. The Bertz CT molecular complexity index is 147. The summed E-state index contributed by atoms with van der Waals surface area (Å²) in [5.41, 5.74) is 0.931. The van der Waals surface area contributed by atoms with E-state index in [9.17, 15) is 4.79 Å². The molecule has 58 valence electrons. The number of ketones is 1. The quantitative estimate of drug-likeness (QED) is 0.458. The topological polar surface area (TPSA) is 17.1 Å². The van der Waals surface area contributed by atoms with Gasteiger partial charge in [0.1, 0.15) is 0 Å². The molecule has 0 unspecified atom stereocenters. The normalized spacial score (nSPS) is 12.3. The molecule has 0 aliphatic rings. The van der Waals surface area contributed by atoms with Gasteiger partial charge >= 0.3 is 0 Å².